The van der Waals surface area contributed by atoms with Crippen LogP contribution in [0.25, 0.3) is 0 Å². The number of nitrogens with zero attached hydrogens (tertiary/aromatic N) is 2. The van der Waals surface area contributed by atoms with Gasteiger partial charge in [-0.25, -0.2) is 4.39 Å². The van der Waals surface area contributed by atoms with Crippen molar-refractivity contribution in [2.24, 2.45) is 5.92 Å². The molecule has 1 fully saturated rings. The van der Waals surface area contributed by atoms with Gasteiger partial charge in [0.05, 0.1) is 16.1 Å². The molecule has 9 heteroatoms. The molecule has 0 atom stereocenters. The Morgan fingerprint density at radius 3 is 2.69 bits per heavy atom. The normalized spacial score (nSPS) is 22.1. The molecule has 0 saturated heterocycles. The van der Waals surface area contributed by atoms with Gasteiger partial charge in [-0.3, -0.25) is 14.4 Å². The molecule has 7 nitrogen and oxygen atoms in total. The van der Waals surface area contributed by atoms with E-state index in [-0.39, 0.29) is 47.2 Å². The molecule has 32 heavy (non-hydrogen) atoms. The number of fused-ring (bicyclic) bond motifs is 1. The lowest BCUT2D eigenvalue weighted by Gasteiger charge is -2.56. The fourth-order valence-corrected chi connectivity index (χ4v) is 5.23. The topological polar surface area (TPSA) is 99.8 Å². The van der Waals surface area contributed by atoms with E-state index in [0.717, 1.165) is 0 Å². The zero-order valence-electron chi connectivity index (χ0n) is 17.6. The van der Waals surface area contributed by atoms with Gasteiger partial charge < -0.3 is 19.7 Å². The van der Waals surface area contributed by atoms with Gasteiger partial charge in [0.25, 0.3) is 5.91 Å². The first kappa shape index (κ1) is 22.5. The lowest BCUT2D eigenvalue weighted by Crippen LogP contribution is -2.65. The Balaban J connectivity index is 1.65. The predicted molar refractivity (Wildman–Crippen MR) is 116 cm³/mol. The quantitative estimate of drug-likeness (QED) is 0.643. The van der Waals surface area contributed by atoms with Crippen LogP contribution in [0.2, 0.25) is 5.02 Å². The highest BCUT2D eigenvalue weighted by Gasteiger charge is 2.53. The fraction of sp³-hybridized carbons (Fsp3) is 0.435. The average Bonchev–Trinajstić information content (AvgIpc) is 2.74. The van der Waals surface area contributed by atoms with Gasteiger partial charge in [0.1, 0.15) is 5.82 Å². The first-order chi connectivity index (χ1) is 15.2. The molecule has 4 rings (SSSR count). The summed E-state index contributed by atoms with van der Waals surface area (Å²) in [5, 5.41) is 19.9. The van der Waals surface area contributed by atoms with Crippen molar-refractivity contribution >= 4 is 23.3 Å². The molecular formula is C23H24ClFN2O5. The van der Waals surface area contributed by atoms with Crippen LogP contribution in [0.15, 0.2) is 29.2 Å². The summed E-state index contributed by atoms with van der Waals surface area (Å²) in [6, 6.07) is 4.50. The second-order valence-corrected chi connectivity index (χ2v) is 8.97. The Hall–Kier alpha value is -2.71. The number of pyridine rings is 1. The Morgan fingerprint density at radius 1 is 1.31 bits per heavy atom. The number of aromatic hydroxyl groups is 1. The van der Waals surface area contributed by atoms with Gasteiger partial charge in [-0.05, 0) is 43.7 Å². The van der Waals surface area contributed by atoms with E-state index in [0.29, 0.717) is 25.9 Å². The van der Waals surface area contributed by atoms with Crippen molar-refractivity contribution in [2.45, 2.75) is 44.7 Å². The third-order valence-electron chi connectivity index (χ3n) is 6.61. The van der Waals surface area contributed by atoms with Crippen molar-refractivity contribution in [3.63, 3.8) is 0 Å². The number of Topliss-reactive ketones (excluding diaryl/α,β-unsaturated/α-hetero) is 1. The van der Waals surface area contributed by atoms with E-state index in [4.69, 9.17) is 11.6 Å². The molecule has 1 aliphatic heterocycles. The van der Waals surface area contributed by atoms with Crippen molar-refractivity contribution < 1.29 is 24.2 Å². The lowest BCUT2D eigenvalue weighted by molar-refractivity contribution is -0.0478. The number of carbonyl (C=O) groups excluding carboxylic acids is 2. The molecule has 2 aliphatic rings. The summed E-state index contributed by atoms with van der Waals surface area (Å²) >= 11 is 5.78. The zero-order valence-corrected chi connectivity index (χ0v) is 18.4. The van der Waals surface area contributed by atoms with Crippen LogP contribution in [0.4, 0.5) is 4.39 Å². The molecular weight excluding hydrogens is 439 g/mol. The van der Waals surface area contributed by atoms with Crippen LogP contribution < -0.4 is 5.43 Å². The van der Waals surface area contributed by atoms with Crippen molar-refractivity contribution in [3.05, 3.63) is 62.3 Å². The number of halogens is 2. The van der Waals surface area contributed by atoms with E-state index in [2.05, 4.69) is 0 Å². The third-order valence-corrected chi connectivity index (χ3v) is 6.90. The smallest absolute Gasteiger partial charge is 0.275 e. The summed E-state index contributed by atoms with van der Waals surface area (Å²) in [7, 11) is 0. The van der Waals surface area contributed by atoms with Crippen LogP contribution >= 0.6 is 11.6 Å². The molecule has 1 saturated carbocycles. The number of amides is 1. The monoisotopic (exact) mass is 462 g/mol. The van der Waals surface area contributed by atoms with Crippen molar-refractivity contribution in [2.75, 3.05) is 13.2 Å². The number of benzene rings is 1. The van der Waals surface area contributed by atoms with E-state index < -0.39 is 34.2 Å². The molecule has 170 valence electrons. The van der Waals surface area contributed by atoms with Crippen LogP contribution in [0, 0.1) is 11.7 Å². The molecule has 1 amide bonds. The highest BCUT2D eigenvalue weighted by Crippen LogP contribution is 2.46. The number of aliphatic hydroxyl groups excluding tert-OH is 1. The molecule has 1 spiro atoms. The minimum Gasteiger partial charge on any atom is -0.503 e. The Kier molecular flexibility index (Phi) is 5.85. The Morgan fingerprint density at radius 2 is 2.03 bits per heavy atom. The first-order valence-corrected chi connectivity index (χ1v) is 11.0. The molecule has 1 aromatic carbocycles. The highest BCUT2D eigenvalue weighted by atomic mass is 35.5. The van der Waals surface area contributed by atoms with Crippen LogP contribution in [0.1, 0.15) is 52.6 Å². The van der Waals surface area contributed by atoms with Gasteiger partial charge in [0.2, 0.25) is 5.43 Å². The number of aryl methyl sites for hydroxylation is 1. The van der Waals surface area contributed by atoms with Gasteiger partial charge in [0.15, 0.2) is 17.2 Å². The Labute approximate surface area is 189 Å². The molecule has 0 radical (unpaired) electrons. The van der Waals surface area contributed by atoms with Crippen molar-refractivity contribution in [3.8, 4) is 5.75 Å². The van der Waals surface area contributed by atoms with E-state index >= 15 is 0 Å². The van der Waals surface area contributed by atoms with Gasteiger partial charge in [-0.2, -0.15) is 0 Å². The maximum atomic E-state index is 14.1. The van der Waals surface area contributed by atoms with Crippen LogP contribution in [-0.4, -0.2) is 50.1 Å². The van der Waals surface area contributed by atoms with Gasteiger partial charge >= 0.3 is 0 Å². The van der Waals surface area contributed by atoms with Crippen LogP contribution in [0.5, 0.6) is 5.75 Å². The number of rotatable bonds is 6. The molecule has 0 bridgehead atoms. The minimum absolute atomic E-state index is 0.0273. The molecule has 2 aromatic rings. The number of ketones is 1. The van der Waals surface area contributed by atoms with E-state index in [9.17, 15) is 29.0 Å². The summed E-state index contributed by atoms with van der Waals surface area (Å²) in [5.41, 5.74) is -1.54. The maximum absolute atomic E-state index is 14.1. The molecule has 0 unspecified atom stereocenters. The number of aromatic nitrogens is 1. The van der Waals surface area contributed by atoms with Crippen LogP contribution in [0.3, 0.4) is 0 Å². The lowest BCUT2D eigenvalue weighted by atomic mass is 9.66. The Bertz CT molecular complexity index is 1160. The summed E-state index contributed by atoms with van der Waals surface area (Å²) in [5.74, 6) is -2.30. The highest BCUT2D eigenvalue weighted by molar-refractivity contribution is 6.30. The van der Waals surface area contributed by atoms with E-state index in [1.807, 2.05) is 6.92 Å². The number of hydrogen-bond donors (Lipinski definition) is 2. The van der Waals surface area contributed by atoms with Gasteiger partial charge in [-0.15, -0.1) is 0 Å². The van der Waals surface area contributed by atoms with Crippen LogP contribution in [-0.2, 0) is 13.0 Å². The second-order valence-electron chi connectivity index (χ2n) is 8.56. The molecule has 1 aromatic heterocycles. The number of likely N-dealkylation sites (N-methyl/N-ethyl adjacent to an activating group) is 1. The molecule has 1 aliphatic carbocycles. The summed E-state index contributed by atoms with van der Waals surface area (Å²) in [4.78, 5) is 40.3. The zero-order chi connectivity index (χ0) is 23.2. The van der Waals surface area contributed by atoms with Crippen molar-refractivity contribution in [1.29, 1.82) is 0 Å². The summed E-state index contributed by atoms with van der Waals surface area (Å²) in [6.07, 6.45) is 2.42. The first-order valence-electron chi connectivity index (χ1n) is 10.6. The van der Waals surface area contributed by atoms with E-state index in [1.54, 1.807) is 11.0 Å². The standard InChI is InChI=1S/C23H24ClFN2O5/c1-2-27-22(32)19-21(31)20(30)15(10-26(19)12-23(27)8-13(9-23)11-28)17(29)7-6-14-4-3-5-16(24)18(14)25/h3-5,10,13,28,31H,2,6-9,11-12H2,1H3. The number of hydrogen-bond acceptors (Lipinski definition) is 5. The average molecular weight is 463 g/mol. The van der Waals surface area contributed by atoms with E-state index in [1.165, 1.54) is 22.9 Å². The maximum Gasteiger partial charge on any atom is 0.275 e. The summed E-state index contributed by atoms with van der Waals surface area (Å²) in [6.45, 7) is 2.56. The largest absolute Gasteiger partial charge is 0.503 e. The van der Waals surface area contributed by atoms with Gasteiger partial charge in [-0.1, -0.05) is 23.7 Å². The number of aliphatic hydroxyl groups is 1. The molecule has 2 N–H and O–H groups in total. The SMILES string of the molecule is CCN1C(=O)c2c(O)c(=O)c(C(=O)CCc3cccc(Cl)c3F)cn2CC12CC(CO)C2. The number of carbonyl (C=O) groups is 2. The van der Waals surface area contributed by atoms with Crippen molar-refractivity contribution in [1.82, 2.24) is 9.47 Å². The minimum atomic E-state index is -0.907. The van der Waals surface area contributed by atoms with Gasteiger partial charge in [0, 0.05) is 32.3 Å². The molecule has 2 heterocycles. The summed E-state index contributed by atoms with van der Waals surface area (Å²) < 4.78 is 15.6. The second kappa shape index (κ2) is 8.33. The fourth-order valence-electron chi connectivity index (χ4n) is 5.04. The third kappa shape index (κ3) is 3.51. The predicted octanol–water partition coefficient (Wildman–Crippen LogP) is 2.78.